The van der Waals surface area contributed by atoms with Crippen LogP contribution in [0.5, 0.6) is 5.75 Å². The topological polar surface area (TPSA) is 90.6 Å². The Morgan fingerprint density at radius 2 is 1.62 bits per heavy atom. The first-order chi connectivity index (χ1) is 11.6. The smallest absolute Gasteiger partial charge is 0.301 e. The summed E-state index contributed by atoms with van der Waals surface area (Å²) in [6.07, 6.45) is 0. The number of nitriles is 1. The van der Waals surface area contributed by atoms with E-state index in [1.54, 1.807) is 24.3 Å². The van der Waals surface area contributed by atoms with E-state index >= 15 is 0 Å². The van der Waals surface area contributed by atoms with E-state index < -0.39 is 17.6 Å². The number of hydrogen-bond acceptors (Lipinski definition) is 5. The molecule has 0 spiro atoms. The number of benzene rings is 2. The van der Waals surface area contributed by atoms with Gasteiger partial charge in [0.05, 0.1) is 30.0 Å². The Bertz CT molecular complexity index is 890. The monoisotopic (exact) mass is 320 g/mol. The van der Waals surface area contributed by atoms with E-state index in [0.717, 1.165) is 4.90 Å². The van der Waals surface area contributed by atoms with Gasteiger partial charge in [0.15, 0.2) is 5.76 Å². The van der Waals surface area contributed by atoms with Gasteiger partial charge in [-0.2, -0.15) is 5.26 Å². The number of carbonyl (C=O) groups excluding carboxylic acids is 2. The standard InChI is InChI=1S/C18H12N2O4/c1-24-14-8-4-12(5-9-14)15-16(21)18(23)20(17(15)22)13-6-2-11(10-19)3-7-13/h2-9,21H,1H3. The van der Waals surface area contributed by atoms with E-state index in [9.17, 15) is 14.7 Å². The second-order valence-electron chi connectivity index (χ2n) is 5.06. The molecule has 6 nitrogen and oxygen atoms in total. The van der Waals surface area contributed by atoms with E-state index in [0.29, 0.717) is 22.6 Å². The van der Waals surface area contributed by atoms with Crippen molar-refractivity contribution in [1.29, 1.82) is 5.26 Å². The molecule has 118 valence electrons. The Morgan fingerprint density at radius 1 is 1.00 bits per heavy atom. The van der Waals surface area contributed by atoms with Crippen molar-refractivity contribution < 1.29 is 19.4 Å². The minimum absolute atomic E-state index is 0.0630. The minimum atomic E-state index is -0.796. The lowest BCUT2D eigenvalue weighted by atomic mass is 10.1. The van der Waals surface area contributed by atoms with E-state index in [1.807, 2.05) is 6.07 Å². The Hall–Kier alpha value is -3.59. The molecule has 0 atom stereocenters. The highest BCUT2D eigenvalue weighted by Gasteiger charge is 2.40. The van der Waals surface area contributed by atoms with E-state index in [-0.39, 0.29) is 5.57 Å². The van der Waals surface area contributed by atoms with Crippen molar-refractivity contribution in [2.75, 3.05) is 12.0 Å². The van der Waals surface area contributed by atoms with Gasteiger partial charge >= 0.3 is 5.91 Å². The summed E-state index contributed by atoms with van der Waals surface area (Å²) in [7, 11) is 1.52. The third kappa shape index (κ3) is 2.38. The zero-order chi connectivity index (χ0) is 17.3. The first kappa shape index (κ1) is 15.3. The molecule has 0 saturated carbocycles. The average Bonchev–Trinajstić information content (AvgIpc) is 2.84. The summed E-state index contributed by atoms with van der Waals surface area (Å²) in [6.45, 7) is 0. The highest BCUT2D eigenvalue weighted by atomic mass is 16.5. The van der Waals surface area contributed by atoms with Crippen LogP contribution in [0.15, 0.2) is 54.3 Å². The molecule has 0 bridgehead atoms. The molecule has 1 aliphatic rings. The third-order valence-corrected chi connectivity index (χ3v) is 3.69. The number of methoxy groups -OCH3 is 1. The first-order valence-electron chi connectivity index (χ1n) is 7.03. The molecule has 0 fully saturated rings. The van der Waals surface area contributed by atoms with Gasteiger partial charge in [-0.1, -0.05) is 12.1 Å². The Morgan fingerprint density at radius 3 is 2.17 bits per heavy atom. The van der Waals surface area contributed by atoms with Gasteiger partial charge in [0.1, 0.15) is 5.75 Å². The fourth-order valence-corrected chi connectivity index (χ4v) is 2.46. The van der Waals surface area contributed by atoms with Gasteiger partial charge in [-0.25, -0.2) is 4.90 Å². The zero-order valence-electron chi connectivity index (χ0n) is 12.7. The second kappa shape index (κ2) is 5.89. The van der Waals surface area contributed by atoms with E-state index in [2.05, 4.69) is 0 Å². The molecular weight excluding hydrogens is 308 g/mol. The lowest BCUT2D eigenvalue weighted by Crippen LogP contribution is -2.31. The number of carbonyl (C=O) groups is 2. The number of aliphatic hydroxyl groups is 1. The van der Waals surface area contributed by atoms with Crippen molar-refractivity contribution in [1.82, 2.24) is 0 Å². The van der Waals surface area contributed by atoms with Gasteiger partial charge in [-0.15, -0.1) is 0 Å². The summed E-state index contributed by atoms with van der Waals surface area (Å²) in [6, 6.07) is 14.4. The van der Waals surface area contributed by atoms with Crippen LogP contribution in [-0.2, 0) is 9.59 Å². The summed E-state index contributed by atoms with van der Waals surface area (Å²) >= 11 is 0. The fraction of sp³-hybridized carbons (Fsp3) is 0.0556. The van der Waals surface area contributed by atoms with Gasteiger partial charge in [-0.3, -0.25) is 9.59 Å². The van der Waals surface area contributed by atoms with Crippen LogP contribution in [0.25, 0.3) is 5.57 Å². The van der Waals surface area contributed by atoms with Crippen molar-refractivity contribution in [3.63, 3.8) is 0 Å². The number of ether oxygens (including phenoxy) is 1. The fourth-order valence-electron chi connectivity index (χ4n) is 2.46. The maximum atomic E-state index is 12.6. The molecule has 1 aliphatic heterocycles. The molecule has 0 unspecified atom stereocenters. The highest BCUT2D eigenvalue weighted by molar-refractivity contribution is 6.44. The Labute approximate surface area is 137 Å². The van der Waals surface area contributed by atoms with E-state index in [1.165, 1.54) is 31.4 Å². The predicted octanol–water partition coefficient (Wildman–Crippen LogP) is 2.41. The van der Waals surface area contributed by atoms with Crippen LogP contribution < -0.4 is 9.64 Å². The summed E-state index contributed by atoms with van der Waals surface area (Å²) in [4.78, 5) is 25.8. The lowest BCUT2D eigenvalue weighted by Gasteiger charge is -2.14. The normalized spacial score (nSPS) is 14.1. The minimum Gasteiger partial charge on any atom is -0.502 e. The molecule has 0 radical (unpaired) electrons. The highest BCUT2D eigenvalue weighted by Crippen LogP contribution is 2.32. The lowest BCUT2D eigenvalue weighted by molar-refractivity contribution is -0.121. The number of aliphatic hydroxyl groups excluding tert-OH is 1. The average molecular weight is 320 g/mol. The summed E-state index contributed by atoms with van der Waals surface area (Å²) in [5, 5.41) is 18.9. The van der Waals surface area contributed by atoms with Crippen LogP contribution in [0, 0.1) is 11.3 Å². The van der Waals surface area contributed by atoms with Crippen molar-refractivity contribution in [2.45, 2.75) is 0 Å². The third-order valence-electron chi connectivity index (χ3n) is 3.69. The maximum Gasteiger partial charge on any atom is 0.301 e. The summed E-state index contributed by atoms with van der Waals surface area (Å²) in [5.74, 6) is -1.42. The SMILES string of the molecule is COc1ccc(C2=C(O)C(=O)N(c3ccc(C#N)cc3)C2=O)cc1. The quantitative estimate of drug-likeness (QED) is 0.877. The number of imide groups is 1. The Kier molecular flexibility index (Phi) is 3.76. The van der Waals surface area contributed by atoms with Crippen LogP contribution in [0.2, 0.25) is 0 Å². The molecule has 2 aromatic carbocycles. The molecule has 0 aliphatic carbocycles. The van der Waals surface area contributed by atoms with Crippen molar-refractivity contribution in [3.05, 3.63) is 65.4 Å². The summed E-state index contributed by atoms with van der Waals surface area (Å²) < 4.78 is 5.05. The number of hydrogen-bond donors (Lipinski definition) is 1. The van der Waals surface area contributed by atoms with Crippen LogP contribution in [0.4, 0.5) is 5.69 Å². The van der Waals surface area contributed by atoms with Crippen LogP contribution in [0.1, 0.15) is 11.1 Å². The van der Waals surface area contributed by atoms with Crippen LogP contribution in [-0.4, -0.2) is 24.0 Å². The molecule has 0 saturated heterocycles. The van der Waals surface area contributed by atoms with Gasteiger partial charge in [-0.05, 0) is 42.0 Å². The van der Waals surface area contributed by atoms with Crippen molar-refractivity contribution in [2.24, 2.45) is 0 Å². The number of nitrogens with zero attached hydrogens (tertiary/aromatic N) is 2. The predicted molar refractivity (Wildman–Crippen MR) is 86.2 cm³/mol. The van der Waals surface area contributed by atoms with Crippen molar-refractivity contribution in [3.8, 4) is 11.8 Å². The zero-order valence-corrected chi connectivity index (χ0v) is 12.7. The largest absolute Gasteiger partial charge is 0.502 e. The molecule has 1 N–H and O–H groups in total. The first-order valence-corrected chi connectivity index (χ1v) is 7.03. The number of amides is 2. The molecule has 2 aromatic rings. The maximum absolute atomic E-state index is 12.6. The molecular formula is C18H12N2O4. The number of anilines is 1. The Balaban J connectivity index is 1.98. The number of rotatable bonds is 3. The molecule has 0 aromatic heterocycles. The van der Waals surface area contributed by atoms with Gasteiger partial charge in [0.2, 0.25) is 0 Å². The molecule has 3 rings (SSSR count). The molecule has 24 heavy (non-hydrogen) atoms. The summed E-state index contributed by atoms with van der Waals surface area (Å²) in [5.41, 5.74) is 1.05. The molecule has 1 heterocycles. The van der Waals surface area contributed by atoms with Gasteiger partial charge in [0.25, 0.3) is 5.91 Å². The van der Waals surface area contributed by atoms with Crippen LogP contribution in [0.3, 0.4) is 0 Å². The van der Waals surface area contributed by atoms with Gasteiger partial charge < -0.3 is 9.84 Å². The van der Waals surface area contributed by atoms with Crippen molar-refractivity contribution >= 4 is 23.1 Å². The second-order valence-corrected chi connectivity index (χ2v) is 5.06. The van der Waals surface area contributed by atoms with E-state index in [4.69, 9.17) is 10.00 Å². The van der Waals surface area contributed by atoms with Gasteiger partial charge in [0, 0.05) is 0 Å². The molecule has 6 heteroatoms. The van der Waals surface area contributed by atoms with Crippen LogP contribution >= 0.6 is 0 Å². The molecule has 2 amide bonds.